The minimum Gasteiger partial charge on any atom is -0.312 e. The Morgan fingerprint density at radius 3 is 2.47 bits per heavy atom. The Kier molecular flexibility index (Phi) is 5.59. The van der Waals surface area contributed by atoms with Gasteiger partial charge < -0.3 is 5.32 Å². The first-order valence-electron chi connectivity index (χ1n) is 6.36. The maximum atomic E-state index is 12.0. The molecule has 3 nitrogen and oxygen atoms in total. The number of likely N-dealkylation sites (N-methyl/N-ethyl adjacent to an activating group) is 1. The molecule has 0 saturated heterocycles. The predicted octanol–water partition coefficient (Wildman–Crippen LogP) is 2.79. The second-order valence-electron chi connectivity index (χ2n) is 5.32. The van der Waals surface area contributed by atoms with E-state index < -0.39 is 14.6 Å². The van der Waals surface area contributed by atoms with E-state index in [0.29, 0.717) is 6.42 Å². The highest BCUT2D eigenvalue weighted by Gasteiger charge is 2.38. The lowest BCUT2D eigenvalue weighted by atomic mass is 9.95. The van der Waals surface area contributed by atoms with E-state index in [1.54, 1.807) is 13.8 Å². The summed E-state index contributed by atoms with van der Waals surface area (Å²) in [6, 6.07) is 7.88. The zero-order valence-corrected chi connectivity index (χ0v) is 14.3. The molecule has 1 rings (SSSR count). The van der Waals surface area contributed by atoms with Crippen molar-refractivity contribution in [3.8, 4) is 0 Å². The number of nitrogens with one attached hydrogen (secondary N) is 1. The smallest absolute Gasteiger partial charge is 0.154 e. The first-order chi connectivity index (χ1) is 8.68. The Hall–Kier alpha value is -0.390. The number of hydrogen-bond acceptors (Lipinski definition) is 3. The van der Waals surface area contributed by atoms with E-state index in [4.69, 9.17) is 0 Å². The van der Waals surface area contributed by atoms with E-state index in [1.165, 1.54) is 6.26 Å². The van der Waals surface area contributed by atoms with Gasteiger partial charge in [-0.05, 0) is 44.5 Å². The minimum atomic E-state index is -3.13. The van der Waals surface area contributed by atoms with Gasteiger partial charge in [-0.25, -0.2) is 8.42 Å². The van der Waals surface area contributed by atoms with Crippen LogP contribution in [-0.2, 0) is 16.3 Å². The Labute approximate surface area is 124 Å². The van der Waals surface area contributed by atoms with Crippen LogP contribution < -0.4 is 5.32 Å². The van der Waals surface area contributed by atoms with Crippen molar-refractivity contribution < 1.29 is 8.42 Å². The average Bonchev–Trinajstić information content (AvgIpc) is 2.27. The topological polar surface area (TPSA) is 46.2 Å². The Morgan fingerprint density at radius 1 is 1.37 bits per heavy atom. The molecule has 0 radical (unpaired) electrons. The molecule has 108 valence electrons. The van der Waals surface area contributed by atoms with Crippen LogP contribution in [0.15, 0.2) is 28.7 Å². The molecule has 1 N–H and O–H groups in total. The third kappa shape index (κ3) is 4.29. The second kappa shape index (κ2) is 6.37. The van der Waals surface area contributed by atoms with Crippen molar-refractivity contribution in [3.05, 3.63) is 34.3 Å². The molecule has 0 bridgehead atoms. The fourth-order valence-electron chi connectivity index (χ4n) is 1.97. The number of benzene rings is 1. The summed E-state index contributed by atoms with van der Waals surface area (Å²) in [7, 11) is -3.13. The second-order valence-corrected chi connectivity index (χ2v) is 8.83. The largest absolute Gasteiger partial charge is 0.312 e. The fourth-order valence-corrected chi connectivity index (χ4v) is 3.10. The van der Waals surface area contributed by atoms with Crippen LogP contribution in [0.25, 0.3) is 0 Å². The van der Waals surface area contributed by atoms with E-state index in [2.05, 4.69) is 21.2 Å². The molecule has 0 saturated carbocycles. The summed E-state index contributed by atoms with van der Waals surface area (Å²) in [4.78, 5) is 0. The molecular formula is C14H22BrNO2S. The number of sulfone groups is 1. The van der Waals surface area contributed by atoms with E-state index >= 15 is 0 Å². The lowest BCUT2D eigenvalue weighted by Crippen LogP contribution is -2.52. The standard InChI is InChI=1S/C14H22BrNO2S/c1-5-16-13(14(2,3)19(4,17)18)10-11-7-6-8-12(15)9-11/h6-9,13,16H,5,10H2,1-4H3. The molecule has 0 aliphatic heterocycles. The molecule has 0 aliphatic carbocycles. The predicted molar refractivity (Wildman–Crippen MR) is 84.2 cm³/mol. The fraction of sp³-hybridized carbons (Fsp3) is 0.571. The van der Waals surface area contributed by atoms with E-state index in [9.17, 15) is 8.42 Å². The van der Waals surface area contributed by atoms with Gasteiger partial charge in [-0.3, -0.25) is 0 Å². The van der Waals surface area contributed by atoms with Crippen molar-refractivity contribution >= 4 is 25.8 Å². The van der Waals surface area contributed by atoms with Crippen molar-refractivity contribution in [1.82, 2.24) is 5.32 Å². The third-order valence-corrected chi connectivity index (χ3v) is 6.26. The molecule has 1 atom stereocenters. The van der Waals surface area contributed by atoms with Crippen LogP contribution in [-0.4, -0.2) is 32.0 Å². The molecule has 0 aliphatic rings. The summed E-state index contributed by atoms with van der Waals surface area (Å²) in [6.45, 7) is 6.31. The van der Waals surface area contributed by atoms with Crippen molar-refractivity contribution in [2.45, 2.75) is 38.0 Å². The number of halogens is 1. The van der Waals surface area contributed by atoms with Gasteiger partial charge in [0, 0.05) is 16.8 Å². The van der Waals surface area contributed by atoms with Gasteiger partial charge in [0.2, 0.25) is 0 Å². The van der Waals surface area contributed by atoms with Gasteiger partial charge in [0.15, 0.2) is 9.84 Å². The average molecular weight is 348 g/mol. The Bertz CT molecular complexity index is 526. The molecule has 0 amide bonds. The molecule has 1 aromatic carbocycles. The highest BCUT2D eigenvalue weighted by Crippen LogP contribution is 2.24. The van der Waals surface area contributed by atoms with Crippen LogP contribution >= 0.6 is 15.9 Å². The number of hydrogen-bond donors (Lipinski definition) is 1. The molecule has 5 heteroatoms. The summed E-state index contributed by atoms with van der Waals surface area (Å²) in [5.74, 6) is 0. The SMILES string of the molecule is CCNC(Cc1cccc(Br)c1)C(C)(C)S(C)(=O)=O. The Morgan fingerprint density at radius 2 is 2.00 bits per heavy atom. The van der Waals surface area contributed by atoms with Gasteiger partial charge in [-0.1, -0.05) is 35.0 Å². The zero-order valence-electron chi connectivity index (χ0n) is 11.9. The first kappa shape index (κ1) is 16.7. The quantitative estimate of drug-likeness (QED) is 0.860. The lowest BCUT2D eigenvalue weighted by Gasteiger charge is -2.33. The summed E-state index contributed by atoms with van der Waals surface area (Å²) in [5, 5.41) is 3.30. The van der Waals surface area contributed by atoms with Crippen LogP contribution in [0.1, 0.15) is 26.3 Å². The highest BCUT2D eigenvalue weighted by molar-refractivity contribution is 9.10. The van der Waals surface area contributed by atoms with E-state index in [-0.39, 0.29) is 6.04 Å². The maximum absolute atomic E-state index is 12.0. The van der Waals surface area contributed by atoms with Gasteiger partial charge >= 0.3 is 0 Å². The van der Waals surface area contributed by atoms with Crippen molar-refractivity contribution in [2.24, 2.45) is 0 Å². The number of rotatable bonds is 6. The van der Waals surface area contributed by atoms with Crippen LogP contribution in [0.4, 0.5) is 0 Å². The molecule has 1 aromatic rings. The maximum Gasteiger partial charge on any atom is 0.154 e. The molecule has 1 unspecified atom stereocenters. The summed E-state index contributed by atoms with van der Waals surface area (Å²) in [5.41, 5.74) is 1.12. The first-order valence-corrected chi connectivity index (χ1v) is 9.04. The van der Waals surface area contributed by atoms with Gasteiger partial charge in [0.05, 0.1) is 4.75 Å². The van der Waals surface area contributed by atoms with E-state index in [1.807, 2.05) is 31.2 Å². The molecular weight excluding hydrogens is 326 g/mol. The van der Waals surface area contributed by atoms with Gasteiger partial charge in [0.25, 0.3) is 0 Å². The van der Waals surface area contributed by atoms with E-state index in [0.717, 1.165) is 16.6 Å². The van der Waals surface area contributed by atoms with Gasteiger partial charge in [-0.2, -0.15) is 0 Å². The van der Waals surface area contributed by atoms with Crippen molar-refractivity contribution in [1.29, 1.82) is 0 Å². The zero-order chi connectivity index (χ0) is 14.7. The molecule has 19 heavy (non-hydrogen) atoms. The summed E-state index contributed by atoms with van der Waals surface area (Å²) in [6.07, 6.45) is 1.99. The molecule has 0 spiro atoms. The third-order valence-electron chi connectivity index (χ3n) is 3.57. The van der Waals surface area contributed by atoms with Gasteiger partial charge in [0.1, 0.15) is 0 Å². The summed E-state index contributed by atoms with van der Waals surface area (Å²) >= 11 is 3.44. The van der Waals surface area contributed by atoms with Crippen molar-refractivity contribution in [3.63, 3.8) is 0 Å². The lowest BCUT2D eigenvalue weighted by molar-refractivity contribution is 0.413. The van der Waals surface area contributed by atoms with Crippen molar-refractivity contribution in [2.75, 3.05) is 12.8 Å². The normalized spacial score (nSPS) is 14.4. The molecule has 0 heterocycles. The van der Waals surface area contributed by atoms with Crippen LogP contribution in [0.3, 0.4) is 0 Å². The van der Waals surface area contributed by atoms with Crippen LogP contribution in [0.2, 0.25) is 0 Å². The Balaban J connectivity index is 3.02. The highest BCUT2D eigenvalue weighted by atomic mass is 79.9. The summed E-state index contributed by atoms with van der Waals surface area (Å²) < 4.78 is 24.2. The van der Waals surface area contributed by atoms with Crippen LogP contribution in [0.5, 0.6) is 0 Å². The molecule has 0 aromatic heterocycles. The minimum absolute atomic E-state index is 0.109. The van der Waals surface area contributed by atoms with Crippen LogP contribution in [0, 0.1) is 0 Å². The molecule has 0 fully saturated rings. The monoisotopic (exact) mass is 347 g/mol. The van der Waals surface area contributed by atoms with Gasteiger partial charge in [-0.15, -0.1) is 0 Å².